The van der Waals surface area contributed by atoms with E-state index in [1.54, 1.807) is 0 Å². The molecule has 0 aromatic carbocycles. The van der Waals surface area contributed by atoms with E-state index < -0.39 is 5.97 Å². The number of carbonyl (C=O) groups is 1. The van der Waals surface area contributed by atoms with Crippen LogP contribution < -0.4 is 5.32 Å². The Kier molecular flexibility index (Phi) is 3.41. The third-order valence-corrected chi connectivity index (χ3v) is 3.46. The molecule has 0 amide bonds. The Hall–Kier alpha value is -0.830. The fraction of sp³-hybridized carbons (Fsp3) is 0.750. The van der Waals surface area contributed by atoms with Crippen molar-refractivity contribution in [2.45, 2.75) is 50.6 Å². The standard InChI is InChI=1S/C12H19NO2/c14-12(15)9-6-7-11(8-9)13-10-4-2-1-3-5-10/h6-7,9-11,13H,1-5,8H2,(H,14,15). The van der Waals surface area contributed by atoms with Gasteiger partial charge in [-0.15, -0.1) is 0 Å². The highest BCUT2D eigenvalue weighted by Crippen LogP contribution is 2.22. The molecule has 3 heteroatoms. The molecule has 2 unspecified atom stereocenters. The predicted octanol–water partition coefficient (Wildman–Crippen LogP) is 1.94. The molecule has 2 aliphatic carbocycles. The van der Waals surface area contributed by atoms with Gasteiger partial charge in [-0.2, -0.15) is 0 Å². The molecular weight excluding hydrogens is 190 g/mol. The lowest BCUT2D eigenvalue weighted by Gasteiger charge is -2.26. The van der Waals surface area contributed by atoms with Crippen LogP contribution in [0.1, 0.15) is 38.5 Å². The molecule has 0 aromatic rings. The van der Waals surface area contributed by atoms with Gasteiger partial charge in [0, 0.05) is 12.1 Å². The maximum Gasteiger partial charge on any atom is 0.310 e. The Labute approximate surface area is 90.6 Å². The maximum atomic E-state index is 10.8. The van der Waals surface area contributed by atoms with Gasteiger partial charge < -0.3 is 10.4 Å². The topological polar surface area (TPSA) is 49.3 Å². The summed E-state index contributed by atoms with van der Waals surface area (Å²) in [4.78, 5) is 10.8. The van der Waals surface area contributed by atoms with Crippen LogP contribution in [0.4, 0.5) is 0 Å². The largest absolute Gasteiger partial charge is 0.481 e. The Balaban J connectivity index is 1.77. The normalized spacial score (nSPS) is 32.0. The Morgan fingerprint density at radius 1 is 1.20 bits per heavy atom. The van der Waals surface area contributed by atoms with Gasteiger partial charge >= 0.3 is 5.97 Å². The van der Waals surface area contributed by atoms with Crippen LogP contribution in [0.2, 0.25) is 0 Å². The second-order valence-corrected chi connectivity index (χ2v) is 4.67. The molecule has 1 saturated carbocycles. The molecule has 0 heterocycles. The van der Waals surface area contributed by atoms with E-state index in [-0.39, 0.29) is 12.0 Å². The molecule has 1 fully saturated rings. The second-order valence-electron chi connectivity index (χ2n) is 4.67. The first-order chi connectivity index (χ1) is 7.25. The third-order valence-electron chi connectivity index (χ3n) is 3.46. The van der Waals surface area contributed by atoms with Crippen molar-refractivity contribution in [3.05, 3.63) is 12.2 Å². The van der Waals surface area contributed by atoms with Gasteiger partial charge in [0.05, 0.1) is 5.92 Å². The minimum Gasteiger partial charge on any atom is -0.481 e. The van der Waals surface area contributed by atoms with Gasteiger partial charge in [0.15, 0.2) is 0 Å². The van der Waals surface area contributed by atoms with Crippen LogP contribution in [0.25, 0.3) is 0 Å². The molecule has 2 atom stereocenters. The van der Waals surface area contributed by atoms with Crippen molar-refractivity contribution in [1.29, 1.82) is 0 Å². The quantitative estimate of drug-likeness (QED) is 0.698. The summed E-state index contributed by atoms with van der Waals surface area (Å²) >= 11 is 0. The number of hydrogen-bond acceptors (Lipinski definition) is 2. The maximum absolute atomic E-state index is 10.8. The lowest BCUT2D eigenvalue weighted by Crippen LogP contribution is -2.38. The molecule has 0 saturated heterocycles. The van der Waals surface area contributed by atoms with Gasteiger partial charge in [-0.3, -0.25) is 4.79 Å². The Morgan fingerprint density at radius 3 is 2.53 bits per heavy atom. The first kappa shape index (κ1) is 10.7. The predicted molar refractivity (Wildman–Crippen MR) is 58.7 cm³/mol. The van der Waals surface area contributed by atoms with Crippen LogP contribution in [0.15, 0.2) is 12.2 Å². The van der Waals surface area contributed by atoms with E-state index in [0.29, 0.717) is 6.04 Å². The second kappa shape index (κ2) is 4.79. The molecule has 2 N–H and O–H groups in total. The summed E-state index contributed by atoms with van der Waals surface area (Å²) in [6, 6.07) is 0.898. The van der Waals surface area contributed by atoms with Crippen molar-refractivity contribution in [2.24, 2.45) is 5.92 Å². The molecule has 0 bridgehead atoms. The fourth-order valence-corrected chi connectivity index (χ4v) is 2.58. The summed E-state index contributed by atoms with van der Waals surface area (Å²) in [5.41, 5.74) is 0. The molecule has 15 heavy (non-hydrogen) atoms. The van der Waals surface area contributed by atoms with Crippen molar-refractivity contribution in [3.63, 3.8) is 0 Å². The lowest BCUT2D eigenvalue weighted by atomic mass is 9.94. The van der Waals surface area contributed by atoms with Crippen LogP contribution in [0.5, 0.6) is 0 Å². The number of nitrogens with one attached hydrogen (secondary N) is 1. The smallest absolute Gasteiger partial charge is 0.310 e. The monoisotopic (exact) mass is 209 g/mol. The summed E-state index contributed by atoms with van der Waals surface area (Å²) in [5, 5.41) is 12.4. The zero-order chi connectivity index (χ0) is 10.7. The van der Waals surface area contributed by atoms with E-state index in [4.69, 9.17) is 5.11 Å². The van der Waals surface area contributed by atoms with Gasteiger partial charge in [0.2, 0.25) is 0 Å². The highest BCUT2D eigenvalue weighted by atomic mass is 16.4. The zero-order valence-electron chi connectivity index (χ0n) is 8.98. The van der Waals surface area contributed by atoms with Gasteiger partial charge in [-0.05, 0) is 19.3 Å². The van der Waals surface area contributed by atoms with E-state index in [1.807, 2.05) is 12.2 Å². The number of hydrogen-bond donors (Lipinski definition) is 2. The number of rotatable bonds is 3. The van der Waals surface area contributed by atoms with E-state index in [0.717, 1.165) is 6.42 Å². The first-order valence-corrected chi connectivity index (χ1v) is 5.93. The molecule has 0 radical (unpaired) electrons. The third kappa shape index (κ3) is 2.81. The Morgan fingerprint density at radius 2 is 1.93 bits per heavy atom. The zero-order valence-corrected chi connectivity index (χ0v) is 8.98. The van der Waals surface area contributed by atoms with Gasteiger partial charge in [-0.25, -0.2) is 0 Å². The number of aliphatic carboxylic acids is 1. The van der Waals surface area contributed by atoms with E-state index in [2.05, 4.69) is 5.32 Å². The molecule has 2 aliphatic rings. The molecule has 0 spiro atoms. The molecular formula is C12H19NO2. The average Bonchev–Trinajstić information content (AvgIpc) is 2.68. The van der Waals surface area contributed by atoms with E-state index in [1.165, 1.54) is 32.1 Å². The molecule has 0 aromatic heterocycles. The van der Waals surface area contributed by atoms with Crippen molar-refractivity contribution in [1.82, 2.24) is 5.32 Å². The van der Waals surface area contributed by atoms with Crippen molar-refractivity contribution in [3.8, 4) is 0 Å². The highest BCUT2D eigenvalue weighted by molar-refractivity contribution is 5.73. The van der Waals surface area contributed by atoms with Gasteiger partial charge in [-0.1, -0.05) is 31.4 Å². The number of carboxylic acids is 1. The fourth-order valence-electron chi connectivity index (χ4n) is 2.58. The van der Waals surface area contributed by atoms with Crippen molar-refractivity contribution >= 4 is 5.97 Å². The van der Waals surface area contributed by atoms with Crippen LogP contribution in [0, 0.1) is 5.92 Å². The van der Waals surface area contributed by atoms with Gasteiger partial charge in [0.1, 0.15) is 0 Å². The van der Waals surface area contributed by atoms with Crippen molar-refractivity contribution in [2.75, 3.05) is 0 Å². The minimum atomic E-state index is -0.695. The van der Waals surface area contributed by atoms with Crippen molar-refractivity contribution < 1.29 is 9.90 Å². The lowest BCUT2D eigenvalue weighted by molar-refractivity contribution is -0.140. The van der Waals surface area contributed by atoms with Gasteiger partial charge in [0.25, 0.3) is 0 Å². The summed E-state index contributed by atoms with van der Waals surface area (Å²) in [6.07, 6.45) is 11.1. The summed E-state index contributed by atoms with van der Waals surface area (Å²) < 4.78 is 0. The Bertz CT molecular complexity index is 256. The van der Waals surface area contributed by atoms with Crippen LogP contribution >= 0.6 is 0 Å². The number of carboxylic acid groups (broad SMARTS) is 1. The summed E-state index contributed by atoms with van der Waals surface area (Å²) in [7, 11) is 0. The summed E-state index contributed by atoms with van der Waals surface area (Å²) in [5.74, 6) is -0.967. The average molecular weight is 209 g/mol. The first-order valence-electron chi connectivity index (χ1n) is 5.93. The van der Waals surface area contributed by atoms with E-state index >= 15 is 0 Å². The van der Waals surface area contributed by atoms with Crippen LogP contribution in [0.3, 0.4) is 0 Å². The molecule has 0 aliphatic heterocycles. The minimum absolute atomic E-state index is 0.272. The SMILES string of the molecule is O=C(O)C1C=CC(NC2CCCCC2)C1. The molecule has 2 rings (SSSR count). The summed E-state index contributed by atoms with van der Waals surface area (Å²) in [6.45, 7) is 0. The highest BCUT2D eigenvalue weighted by Gasteiger charge is 2.26. The van der Waals surface area contributed by atoms with E-state index in [9.17, 15) is 4.79 Å². The van der Waals surface area contributed by atoms with Crippen LogP contribution in [-0.2, 0) is 4.79 Å². The van der Waals surface area contributed by atoms with Crippen LogP contribution in [-0.4, -0.2) is 23.2 Å². The molecule has 84 valence electrons. The molecule has 3 nitrogen and oxygen atoms in total.